The molecule has 3 rings (SSSR count). The number of hydrogen-bond acceptors (Lipinski definition) is 5. The van der Waals surface area contributed by atoms with Crippen molar-refractivity contribution in [2.75, 3.05) is 39.5 Å². The van der Waals surface area contributed by atoms with Gasteiger partial charge in [0.05, 0.1) is 6.54 Å². The molecule has 7 nitrogen and oxygen atoms in total. The largest absolute Gasteiger partial charge is 0.454 e. The van der Waals surface area contributed by atoms with Crippen LogP contribution >= 0.6 is 0 Å². The zero-order valence-electron chi connectivity index (χ0n) is 13.9. The number of carbonyl (C=O) groups is 2. The van der Waals surface area contributed by atoms with Crippen LogP contribution in [0.2, 0.25) is 0 Å². The quantitative estimate of drug-likeness (QED) is 0.873. The van der Waals surface area contributed by atoms with E-state index in [1.54, 1.807) is 6.92 Å². The molecule has 1 aromatic rings. The molecule has 24 heavy (non-hydrogen) atoms. The molecule has 7 heteroatoms. The van der Waals surface area contributed by atoms with E-state index in [-0.39, 0.29) is 18.6 Å². The van der Waals surface area contributed by atoms with Gasteiger partial charge < -0.3 is 19.7 Å². The molecule has 2 amide bonds. The van der Waals surface area contributed by atoms with Crippen molar-refractivity contribution < 1.29 is 19.1 Å². The molecule has 1 fully saturated rings. The molecule has 0 radical (unpaired) electrons. The summed E-state index contributed by atoms with van der Waals surface area (Å²) in [6, 6.07) is 5.67. The first kappa shape index (κ1) is 16.6. The third-order valence-electron chi connectivity index (χ3n) is 4.33. The summed E-state index contributed by atoms with van der Waals surface area (Å²) in [5, 5.41) is 2.93. The molecule has 0 bridgehead atoms. The minimum absolute atomic E-state index is 0.0102. The number of fused-ring (bicyclic) bond motifs is 1. The fourth-order valence-corrected chi connectivity index (χ4v) is 2.95. The Labute approximate surface area is 141 Å². The third kappa shape index (κ3) is 4.17. The van der Waals surface area contributed by atoms with Gasteiger partial charge in [0.1, 0.15) is 0 Å². The summed E-state index contributed by atoms with van der Waals surface area (Å²) in [4.78, 5) is 27.5. The molecule has 1 saturated heterocycles. The van der Waals surface area contributed by atoms with Crippen LogP contribution in [-0.4, -0.2) is 61.1 Å². The average Bonchev–Trinajstić information content (AvgIpc) is 2.90. The molecule has 2 aliphatic rings. The fraction of sp³-hybridized carbons (Fsp3) is 0.529. The van der Waals surface area contributed by atoms with Crippen LogP contribution in [0.3, 0.4) is 0 Å². The standard InChI is InChI=1S/C17H23N3O4/c1-13(21)20-6-2-5-19(7-8-20)11-17(22)18-10-14-3-4-15-16(9-14)24-12-23-15/h3-4,9H,2,5-8,10-12H2,1H3,(H,18,22). The minimum Gasteiger partial charge on any atom is -0.454 e. The van der Waals surface area contributed by atoms with Crippen LogP contribution in [-0.2, 0) is 16.1 Å². The van der Waals surface area contributed by atoms with Gasteiger partial charge in [-0.1, -0.05) is 6.07 Å². The highest BCUT2D eigenvalue weighted by Crippen LogP contribution is 2.32. The van der Waals surface area contributed by atoms with Gasteiger partial charge in [-0.15, -0.1) is 0 Å². The predicted octanol–water partition coefficient (Wildman–Crippen LogP) is 0.586. The van der Waals surface area contributed by atoms with E-state index in [0.717, 1.165) is 43.1 Å². The van der Waals surface area contributed by atoms with Gasteiger partial charge in [-0.25, -0.2) is 0 Å². The molecule has 0 spiro atoms. The molecule has 0 atom stereocenters. The van der Waals surface area contributed by atoms with Crippen molar-refractivity contribution in [3.63, 3.8) is 0 Å². The number of benzene rings is 1. The summed E-state index contributed by atoms with van der Waals surface area (Å²) >= 11 is 0. The van der Waals surface area contributed by atoms with E-state index in [9.17, 15) is 9.59 Å². The van der Waals surface area contributed by atoms with Gasteiger partial charge >= 0.3 is 0 Å². The zero-order valence-corrected chi connectivity index (χ0v) is 13.9. The van der Waals surface area contributed by atoms with Crippen LogP contribution in [0, 0.1) is 0 Å². The van der Waals surface area contributed by atoms with Crippen molar-refractivity contribution in [1.82, 2.24) is 15.1 Å². The highest BCUT2D eigenvalue weighted by Gasteiger charge is 2.18. The summed E-state index contributed by atoms with van der Waals surface area (Å²) in [6.07, 6.45) is 0.898. The highest BCUT2D eigenvalue weighted by molar-refractivity contribution is 5.78. The van der Waals surface area contributed by atoms with Crippen molar-refractivity contribution in [2.45, 2.75) is 19.9 Å². The Hall–Kier alpha value is -2.28. The maximum absolute atomic E-state index is 12.2. The molecule has 0 unspecified atom stereocenters. The van der Waals surface area contributed by atoms with E-state index >= 15 is 0 Å². The predicted molar refractivity (Wildman–Crippen MR) is 87.7 cm³/mol. The lowest BCUT2D eigenvalue weighted by molar-refractivity contribution is -0.128. The Balaban J connectivity index is 1.45. The Morgan fingerprint density at radius 3 is 2.79 bits per heavy atom. The van der Waals surface area contributed by atoms with E-state index in [4.69, 9.17) is 9.47 Å². The van der Waals surface area contributed by atoms with Crippen LogP contribution < -0.4 is 14.8 Å². The molecular weight excluding hydrogens is 310 g/mol. The lowest BCUT2D eigenvalue weighted by Gasteiger charge is -2.20. The number of hydrogen-bond donors (Lipinski definition) is 1. The van der Waals surface area contributed by atoms with Gasteiger partial charge in [-0.05, 0) is 24.1 Å². The normalized spacial score (nSPS) is 17.5. The summed E-state index contributed by atoms with van der Waals surface area (Å²) in [7, 11) is 0. The second kappa shape index (κ2) is 7.53. The number of rotatable bonds is 4. The Morgan fingerprint density at radius 1 is 1.12 bits per heavy atom. The molecular formula is C17H23N3O4. The van der Waals surface area contributed by atoms with E-state index < -0.39 is 0 Å². The van der Waals surface area contributed by atoms with Gasteiger partial charge in [0.25, 0.3) is 0 Å². The van der Waals surface area contributed by atoms with E-state index in [1.807, 2.05) is 23.1 Å². The molecule has 0 saturated carbocycles. The first-order valence-corrected chi connectivity index (χ1v) is 8.25. The summed E-state index contributed by atoms with van der Waals surface area (Å²) in [5.74, 6) is 1.55. The summed E-state index contributed by atoms with van der Waals surface area (Å²) in [6.45, 7) is 5.68. The van der Waals surface area contributed by atoms with E-state index in [2.05, 4.69) is 10.2 Å². The molecule has 2 aliphatic heterocycles. The number of nitrogens with zero attached hydrogens (tertiary/aromatic N) is 2. The van der Waals surface area contributed by atoms with Crippen molar-refractivity contribution in [3.05, 3.63) is 23.8 Å². The van der Waals surface area contributed by atoms with Gasteiger partial charge in [-0.2, -0.15) is 0 Å². The highest BCUT2D eigenvalue weighted by atomic mass is 16.7. The maximum Gasteiger partial charge on any atom is 0.234 e. The average molecular weight is 333 g/mol. The van der Waals surface area contributed by atoms with Crippen molar-refractivity contribution in [1.29, 1.82) is 0 Å². The SMILES string of the molecule is CC(=O)N1CCCN(CC(=O)NCc2ccc3c(c2)OCO3)CC1. The fourth-order valence-electron chi connectivity index (χ4n) is 2.95. The smallest absolute Gasteiger partial charge is 0.234 e. The minimum atomic E-state index is -0.0102. The van der Waals surface area contributed by atoms with E-state index in [0.29, 0.717) is 19.6 Å². The maximum atomic E-state index is 12.2. The lowest BCUT2D eigenvalue weighted by Crippen LogP contribution is -2.39. The van der Waals surface area contributed by atoms with Crippen molar-refractivity contribution in [2.24, 2.45) is 0 Å². The Kier molecular flexibility index (Phi) is 5.20. The number of nitrogens with one attached hydrogen (secondary N) is 1. The van der Waals surface area contributed by atoms with Crippen LogP contribution in [0.5, 0.6) is 11.5 Å². The Morgan fingerprint density at radius 2 is 1.96 bits per heavy atom. The lowest BCUT2D eigenvalue weighted by atomic mass is 10.2. The van der Waals surface area contributed by atoms with Crippen LogP contribution in [0.4, 0.5) is 0 Å². The van der Waals surface area contributed by atoms with Crippen LogP contribution in [0.15, 0.2) is 18.2 Å². The Bertz CT molecular complexity index is 620. The van der Waals surface area contributed by atoms with Crippen molar-refractivity contribution in [3.8, 4) is 11.5 Å². The second-order valence-corrected chi connectivity index (χ2v) is 6.10. The topological polar surface area (TPSA) is 71.1 Å². The third-order valence-corrected chi connectivity index (χ3v) is 4.33. The first-order chi connectivity index (χ1) is 11.6. The second-order valence-electron chi connectivity index (χ2n) is 6.10. The molecule has 1 N–H and O–H groups in total. The van der Waals surface area contributed by atoms with Gasteiger partial charge in [-0.3, -0.25) is 14.5 Å². The van der Waals surface area contributed by atoms with Crippen LogP contribution in [0.1, 0.15) is 18.9 Å². The van der Waals surface area contributed by atoms with E-state index in [1.165, 1.54) is 0 Å². The van der Waals surface area contributed by atoms with Crippen molar-refractivity contribution >= 4 is 11.8 Å². The number of amides is 2. The molecule has 2 heterocycles. The van der Waals surface area contributed by atoms with Gasteiger partial charge in [0.2, 0.25) is 18.6 Å². The molecule has 130 valence electrons. The zero-order chi connectivity index (χ0) is 16.9. The summed E-state index contributed by atoms with van der Waals surface area (Å²) < 4.78 is 10.6. The summed E-state index contributed by atoms with van der Waals surface area (Å²) in [5.41, 5.74) is 0.978. The molecule has 1 aromatic carbocycles. The number of ether oxygens (including phenoxy) is 2. The van der Waals surface area contributed by atoms with Crippen LogP contribution in [0.25, 0.3) is 0 Å². The molecule has 0 aromatic heterocycles. The number of carbonyl (C=O) groups excluding carboxylic acids is 2. The first-order valence-electron chi connectivity index (χ1n) is 8.25. The molecule has 0 aliphatic carbocycles. The van der Waals surface area contributed by atoms with Gasteiger partial charge in [0.15, 0.2) is 11.5 Å². The monoisotopic (exact) mass is 333 g/mol. The van der Waals surface area contributed by atoms with Gasteiger partial charge in [0, 0.05) is 39.6 Å².